The molecule has 158 valence electrons. The monoisotopic (exact) mass is 404 g/mol. The van der Waals surface area contributed by atoms with Gasteiger partial charge in [-0.25, -0.2) is 9.59 Å². The van der Waals surface area contributed by atoms with Crippen molar-refractivity contribution in [2.45, 2.75) is 71.1 Å². The Morgan fingerprint density at radius 2 is 2.00 bits per heavy atom. The molecule has 2 unspecified atom stereocenters. The van der Waals surface area contributed by atoms with Gasteiger partial charge < -0.3 is 18.6 Å². The Labute approximate surface area is 170 Å². The summed E-state index contributed by atoms with van der Waals surface area (Å²) in [6, 6.07) is 3.19. The van der Waals surface area contributed by atoms with Gasteiger partial charge >= 0.3 is 12.1 Å². The number of fused-ring (bicyclic) bond motifs is 1. The lowest BCUT2D eigenvalue weighted by atomic mass is 9.87. The number of rotatable bonds is 4. The average molecular weight is 404 g/mol. The molecule has 3 heterocycles. The van der Waals surface area contributed by atoms with Crippen LogP contribution < -0.4 is 0 Å². The van der Waals surface area contributed by atoms with Crippen molar-refractivity contribution in [3.8, 4) is 0 Å². The van der Waals surface area contributed by atoms with Gasteiger partial charge in [0.1, 0.15) is 35.0 Å². The molecule has 0 radical (unpaired) electrons. The molecular weight excluding hydrogens is 376 g/mol. The van der Waals surface area contributed by atoms with Crippen molar-refractivity contribution in [2.75, 3.05) is 6.61 Å². The van der Waals surface area contributed by atoms with Crippen molar-refractivity contribution in [1.82, 2.24) is 5.01 Å². The molecule has 8 heteroatoms. The molecule has 0 aliphatic carbocycles. The second-order valence-electron chi connectivity index (χ2n) is 8.58. The van der Waals surface area contributed by atoms with E-state index >= 15 is 0 Å². The third-order valence-electron chi connectivity index (χ3n) is 4.73. The molecule has 1 amide bonds. The first-order valence-electron chi connectivity index (χ1n) is 9.72. The zero-order valence-corrected chi connectivity index (χ0v) is 17.7. The van der Waals surface area contributed by atoms with Gasteiger partial charge in [-0.1, -0.05) is 0 Å². The zero-order chi connectivity index (χ0) is 21.4. The van der Waals surface area contributed by atoms with Gasteiger partial charge in [0.25, 0.3) is 0 Å². The number of hydrogen-bond donors (Lipinski definition) is 0. The summed E-state index contributed by atoms with van der Waals surface area (Å²) in [6.07, 6.45) is 2.57. The predicted molar refractivity (Wildman–Crippen MR) is 105 cm³/mol. The fourth-order valence-electron chi connectivity index (χ4n) is 3.27. The first-order chi connectivity index (χ1) is 13.5. The van der Waals surface area contributed by atoms with Crippen LogP contribution in [0.3, 0.4) is 0 Å². The molecule has 29 heavy (non-hydrogen) atoms. The fourth-order valence-corrected chi connectivity index (χ4v) is 3.27. The number of allylic oxidation sites excluding steroid dienone is 1. The van der Waals surface area contributed by atoms with E-state index in [0.29, 0.717) is 5.76 Å². The number of esters is 1. The summed E-state index contributed by atoms with van der Waals surface area (Å²) in [6.45, 7) is 11.2. The highest BCUT2D eigenvalue weighted by Crippen LogP contribution is 2.40. The van der Waals surface area contributed by atoms with Gasteiger partial charge in [0, 0.05) is 6.42 Å². The van der Waals surface area contributed by atoms with Gasteiger partial charge in [0.05, 0.1) is 18.3 Å². The van der Waals surface area contributed by atoms with Gasteiger partial charge in [-0.2, -0.15) is 10.1 Å². The van der Waals surface area contributed by atoms with E-state index in [-0.39, 0.29) is 18.7 Å². The highest BCUT2D eigenvalue weighted by Gasteiger charge is 2.47. The third-order valence-corrected chi connectivity index (χ3v) is 4.73. The highest BCUT2D eigenvalue weighted by molar-refractivity contribution is 6.36. The maximum atomic E-state index is 12.8. The van der Waals surface area contributed by atoms with Crippen molar-refractivity contribution in [2.24, 2.45) is 5.10 Å². The van der Waals surface area contributed by atoms with E-state index in [0.717, 1.165) is 5.76 Å². The number of furan rings is 1. The Hall–Kier alpha value is -2.77. The summed E-state index contributed by atoms with van der Waals surface area (Å²) < 4.78 is 22.3. The van der Waals surface area contributed by atoms with Crippen LogP contribution in [0.1, 0.15) is 53.7 Å². The molecule has 2 aliphatic heterocycles. The Balaban J connectivity index is 1.92. The minimum Gasteiger partial charge on any atom is -0.491 e. The van der Waals surface area contributed by atoms with Gasteiger partial charge in [0.15, 0.2) is 0 Å². The molecule has 0 saturated heterocycles. The lowest BCUT2D eigenvalue weighted by Crippen LogP contribution is -2.49. The number of hydrazone groups is 1. The minimum absolute atomic E-state index is 0.129. The first-order valence-corrected chi connectivity index (χ1v) is 9.72. The Morgan fingerprint density at radius 3 is 2.59 bits per heavy atom. The van der Waals surface area contributed by atoms with Crippen molar-refractivity contribution in [3.63, 3.8) is 0 Å². The maximum absolute atomic E-state index is 12.8. The molecule has 0 bridgehead atoms. The second-order valence-corrected chi connectivity index (χ2v) is 8.58. The predicted octanol–water partition coefficient (Wildman–Crippen LogP) is 3.77. The van der Waals surface area contributed by atoms with E-state index in [9.17, 15) is 9.59 Å². The second kappa shape index (κ2) is 7.57. The molecule has 0 aromatic carbocycles. The van der Waals surface area contributed by atoms with Gasteiger partial charge in [0.2, 0.25) is 0 Å². The van der Waals surface area contributed by atoms with Gasteiger partial charge in [-0.15, -0.1) is 0 Å². The first kappa shape index (κ1) is 21.0. The molecule has 0 saturated carbocycles. The van der Waals surface area contributed by atoms with Crippen LogP contribution in [0.4, 0.5) is 4.79 Å². The highest BCUT2D eigenvalue weighted by atomic mass is 16.6. The molecule has 0 fully saturated rings. The Kier molecular flexibility index (Phi) is 5.47. The minimum atomic E-state index is -0.705. The Bertz CT molecular complexity index is 832. The molecule has 3 rings (SSSR count). The number of ether oxygens (including phenoxy) is 3. The summed E-state index contributed by atoms with van der Waals surface area (Å²) in [5, 5.41) is 5.44. The van der Waals surface area contributed by atoms with Crippen LogP contribution in [0, 0.1) is 0 Å². The van der Waals surface area contributed by atoms with Gasteiger partial charge in [-0.3, -0.25) is 0 Å². The van der Waals surface area contributed by atoms with Crippen molar-refractivity contribution < 1.29 is 28.2 Å². The molecule has 1 aromatic rings. The molecular formula is C21H28N2O6. The van der Waals surface area contributed by atoms with Crippen LogP contribution in [0.15, 0.2) is 39.7 Å². The van der Waals surface area contributed by atoms with E-state index in [1.165, 1.54) is 5.01 Å². The molecule has 0 N–H and O–H groups in total. The van der Waals surface area contributed by atoms with E-state index in [1.54, 1.807) is 34.0 Å². The average Bonchev–Trinajstić information content (AvgIpc) is 3.29. The third kappa shape index (κ3) is 4.31. The van der Waals surface area contributed by atoms with E-state index < -0.39 is 35.2 Å². The van der Waals surface area contributed by atoms with Crippen LogP contribution in [0.5, 0.6) is 0 Å². The smallest absolute Gasteiger partial charge is 0.431 e. The van der Waals surface area contributed by atoms with Crippen molar-refractivity contribution in [3.05, 3.63) is 36.0 Å². The SMILES string of the molecule is CCOC(=O)C1=NN(C(=O)OC(C)(C)C)C2C=C(C(C)(C)c3ccco3)OC2C1. The molecule has 1 aromatic heterocycles. The molecule has 2 aliphatic rings. The van der Waals surface area contributed by atoms with Crippen LogP contribution in [0.25, 0.3) is 0 Å². The number of amides is 1. The van der Waals surface area contributed by atoms with E-state index in [2.05, 4.69) is 5.10 Å². The molecule has 2 atom stereocenters. The van der Waals surface area contributed by atoms with E-state index in [4.69, 9.17) is 18.6 Å². The Morgan fingerprint density at radius 1 is 1.28 bits per heavy atom. The van der Waals surface area contributed by atoms with Crippen LogP contribution in [-0.4, -0.2) is 47.1 Å². The zero-order valence-electron chi connectivity index (χ0n) is 17.7. The number of nitrogens with zero attached hydrogens (tertiary/aromatic N) is 2. The summed E-state index contributed by atoms with van der Waals surface area (Å²) >= 11 is 0. The fraction of sp³-hybridized carbons (Fsp3) is 0.571. The van der Waals surface area contributed by atoms with Crippen LogP contribution in [-0.2, 0) is 24.4 Å². The lowest BCUT2D eigenvalue weighted by molar-refractivity contribution is -0.135. The molecule has 0 spiro atoms. The van der Waals surface area contributed by atoms with Crippen LogP contribution in [0.2, 0.25) is 0 Å². The number of carbonyl (C=O) groups excluding carboxylic acids is 2. The normalized spacial score (nSPS) is 21.7. The standard InChI is InChI=1S/C21H28N2O6/c1-7-26-18(24)13-11-15-14(23(22-13)19(25)29-20(2,3)4)12-17(28-15)21(5,6)16-9-8-10-27-16/h8-10,12,14-15H,7,11H2,1-6H3. The topological polar surface area (TPSA) is 90.6 Å². The summed E-state index contributed by atoms with van der Waals surface area (Å²) in [7, 11) is 0. The molecule has 8 nitrogen and oxygen atoms in total. The van der Waals surface area contributed by atoms with Crippen molar-refractivity contribution in [1.29, 1.82) is 0 Å². The maximum Gasteiger partial charge on any atom is 0.431 e. The van der Waals surface area contributed by atoms with Crippen LogP contribution >= 0.6 is 0 Å². The van der Waals surface area contributed by atoms with Crippen molar-refractivity contribution >= 4 is 17.8 Å². The van der Waals surface area contributed by atoms with Gasteiger partial charge in [-0.05, 0) is 59.8 Å². The largest absolute Gasteiger partial charge is 0.491 e. The summed E-state index contributed by atoms with van der Waals surface area (Å²) in [5.74, 6) is 0.816. The number of hydrogen-bond acceptors (Lipinski definition) is 7. The van der Waals surface area contributed by atoms with E-state index in [1.807, 2.05) is 32.1 Å². The number of carbonyl (C=O) groups is 2. The quantitative estimate of drug-likeness (QED) is 0.710. The summed E-state index contributed by atoms with van der Waals surface area (Å²) in [4.78, 5) is 25.1. The summed E-state index contributed by atoms with van der Waals surface area (Å²) in [5.41, 5.74) is -1.13. The lowest BCUT2D eigenvalue weighted by Gasteiger charge is -2.33.